The fraction of sp³-hybridized carbons (Fsp3) is 0. The molecule has 2 aromatic carbocycles. The van der Waals surface area contributed by atoms with Gasteiger partial charge in [0.2, 0.25) is 11.9 Å². The second-order valence-corrected chi connectivity index (χ2v) is 11.0. The third kappa shape index (κ3) is 3.52. The Morgan fingerprint density at radius 1 is 0.370 bits per heavy atom. The lowest BCUT2D eigenvalue weighted by molar-refractivity contribution is 0.873. The Hall–Kier alpha value is -6.68. The van der Waals surface area contributed by atoms with E-state index in [0.717, 1.165) is 43.2 Å². The van der Waals surface area contributed by atoms with Gasteiger partial charge in [0.1, 0.15) is 28.3 Å². The van der Waals surface area contributed by atoms with Crippen LogP contribution in [0.2, 0.25) is 0 Å². The molecule has 0 saturated heterocycles. The van der Waals surface area contributed by atoms with Crippen LogP contribution in [0.3, 0.4) is 0 Å². The van der Waals surface area contributed by atoms with E-state index in [0.29, 0.717) is 46.0 Å². The van der Waals surface area contributed by atoms with E-state index in [9.17, 15) is 0 Å². The lowest BCUT2D eigenvalue weighted by Crippen LogP contribution is -2.11. The molecule has 10 rings (SSSR count). The molecule has 0 saturated carbocycles. The highest BCUT2D eigenvalue weighted by atomic mass is 15.3. The number of aromatic nitrogens is 10. The number of hydrogen-bond donors (Lipinski definition) is 0. The van der Waals surface area contributed by atoms with Gasteiger partial charge in [-0.15, -0.1) is 0 Å². The molecule has 0 atom stereocenters. The highest BCUT2D eigenvalue weighted by Gasteiger charge is 2.22. The molecule has 10 heteroatoms. The van der Waals surface area contributed by atoms with E-state index in [1.54, 1.807) is 24.8 Å². The molecule has 8 heterocycles. The van der Waals surface area contributed by atoms with Crippen molar-refractivity contribution in [2.24, 2.45) is 0 Å². The molecule has 0 radical (unpaired) electrons. The minimum absolute atomic E-state index is 0.360. The van der Waals surface area contributed by atoms with Gasteiger partial charge in [0.25, 0.3) is 0 Å². The van der Waals surface area contributed by atoms with Gasteiger partial charge < -0.3 is 0 Å². The average Bonchev–Trinajstić information content (AvgIpc) is 3.64. The van der Waals surface area contributed by atoms with Gasteiger partial charge in [-0.1, -0.05) is 42.5 Å². The molecule has 0 N–H and O–H groups in total. The summed E-state index contributed by atoms with van der Waals surface area (Å²) in [5, 5.41) is 7.00. The Labute approximate surface area is 259 Å². The number of pyridine rings is 5. The van der Waals surface area contributed by atoms with Crippen molar-refractivity contribution in [3.63, 3.8) is 0 Å². The van der Waals surface area contributed by atoms with Crippen LogP contribution in [0.15, 0.2) is 122 Å². The topological polar surface area (TPSA) is 113 Å². The van der Waals surface area contributed by atoms with Crippen molar-refractivity contribution in [3.8, 4) is 23.4 Å². The predicted octanol–water partition coefficient (Wildman–Crippen LogP) is 7.01. The van der Waals surface area contributed by atoms with Crippen LogP contribution >= 0.6 is 0 Å². The summed E-state index contributed by atoms with van der Waals surface area (Å²) in [5.74, 6) is 1.12. The molecule has 0 aliphatic carbocycles. The molecule has 10 nitrogen and oxygen atoms in total. The predicted molar refractivity (Wildman–Crippen MR) is 178 cm³/mol. The summed E-state index contributed by atoms with van der Waals surface area (Å²) >= 11 is 0. The monoisotopic (exact) mass is 592 g/mol. The van der Waals surface area contributed by atoms with Gasteiger partial charge in [0.05, 0.1) is 5.52 Å². The maximum absolute atomic E-state index is 5.13. The highest BCUT2D eigenvalue weighted by Crippen LogP contribution is 2.32. The first kappa shape index (κ1) is 24.7. The molecule has 0 fully saturated rings. The van der Waals surface area contributed by atoms with Gasteiger partial charge in [0, 0.05) is 57.1 Å². The molecule has 0 unspecified atom stereocenters. The molecule has 46 heavy (non-hydrogen) atoms. The summed E-state index contributed by atoms with van der Waals surface area (Å²) in [6.45, 7) is 0. The van der Waals surface area contributed by atoms with Crippen LogP contribution in [-0.2, 0) is 0 Å². The van der Waals surface area contributed by atoms with Gasteiger partial charge in [-0.05, 0) is 60.0 Å². The van der Waals surface area contributed by atoms with Crippen molar-refractivity contribution in [3.05, 3.63) is 122 Å². The van der Waals surface area contributed by atoms with Gasteiger partial charge in [-0.25, -0.2) is 34.1 Å². The minimum atomic E-state index is 0.360. The molecule has 0 spiro atoms. The Kier molecular flexibility index (Phi) is 5.06. The fourth-order valence-electron chi connectivity index (χ4n) is 6.37. The number of nitrogens with zero attached hydrogens (tertiary/aromatic N) is 10. The zero-order valence-electron chi connectivity index (χ0n) is 24.0. The number of fused-ring (bicyclic) bond motifs is 9. The summed E-state index contributed by atoms with van der Waals surface area (Å²) < 4.78 is 3.76. The minimum Gasteiger partial charge on any atom is -0.245 e. The molecule has 10 aromatic rings. The molecular formula is C36H20N10. The van der Waals surface area contributed by atoms with E-state index in [1.807, 2.05) is 75.9 Å². The molecular weight excluding hydrogens is 572 g/mol. The number of hydrogen-bond acceptors (Lipinski definition) is 8. The van der Waals surface area contributed by atoms with Crippen molar-refractivity contribution in [2.45, 2.75) is 0 Å². The normalized spacial score (nSPS) is 11.9. The highest BCUT2D eigenvalue weighted by molar-refractivity contribution is 6.08. The summed E-state index contributed by atoms with van der Waals surface area (Å²) in [7, 11) is 0. The molecule has 0 aliphatic heterocycles. The SMILES string of the molecule is c1ccc2c(c1)ccc1ccc(-c3nc(-n4c5ncccc5c5cccnc54)nc(-n4c5ncccc5c5cccnc54)n3)nc12. The third-order valence-corrected chi connectivity index (χ3v) is 8.40. The molecule has 0 bridgehead atoms. The molecule has 0 amide bonds. The lowest BCUT2D eigenvalue weighted by atomic mass is 10.1. The second-order valence-electron chi connectivity index (χ2n) is 11.0. The lowest BCUT2D eigenvalue weighted by Gasteiger charge is -2.11. The zero-order valence-corrected chi connectivity index (χ0v) is 24.0. The maximum atomic E-state index is 5.13. The van der Waals surface area contributed by atoms with Crippen molar-refractivity contribution >= 4 is 65.8 Å². The zero-order chi connectivity index (χ0) is 30.2. The van der Waals surface area contributed by atoms with Gasteiger partial charge >= 0.3 is 0 Å². The first-order valence-corrected chi connectivity index (χ1v) is 14.8. The molecule has 8 aromatic heterocycles. The van der Waals surface area contributed by atoms with E-state index < -0.39 is 0 Å². The number of benzene rings is 2. The Morgan fingerprint density at radius 2 is 0.826 bits per heavy atom. The second kappa shape index (κ2) is 9.41. The van der Waals surface area contributed by atoms with Crippen LogP contribution in [-0.4, -0.2) is 49.0 Å². The Balaban J connectivity index is 1.32. The Morgan fingerprint density at radius 3 is 1.37 bits per heavy atom. The van der Waals surface area contributed by atoms with Crippen molar-refractivity contribution in [1.29, 1.82) is 0 Å². The van der Waals surface area contributed by atoms with Crippen LogP contribution in [0.4, 0.5) is 0 Å². The van der Waals surface area contributed by atoms with Crippen molar-refractivity contribution in [2.75, 3.05) is 0 Å². The van der Waals surface area contributed by atoms with Crippen molar-refractivity contribution < 1.29 is 0 Å². The maximum Gasteiger partial charge on any atom is 0.242 e. The quantitative estimate of drug-likeness (QED) is 0.201. The first-order chi connectivity index (χ1) is 22.8. The van der Waals surface area contributed by atoms with Gasteiger partial charge in [0.15, 0.2) is 5.82 Å². The van der Waals surface area contributed by atoms with Gasteiger partial charge in [-0.3, -0.25) is 0 Å². The van der Waals surface area contributed by atoms with Crippen molar-refractivity contribution in [1.82, 2.24) is 49.0 Å². The summed E-state index contributed by atoms with van der Waals surface area (Å²) in [6, 6.07) is 32.2. The molecule has 214 valence electrons. The molecule has 0 aliphatic rings. The van der Waals surface area contributed by atoms with Crippen LogP contribution in [0.1, 0.15) is 0 Å². The summed E-state index contributed by atoms with van der Waals surface area (Å²) in [5.41, 5.74) is 4.24. The standard InChI is InChI=1S/C36H20N10/c1-2-8-23-21(7-1)13-14-22-15-16-28(41-29(22)23)30-42-35(45-31-24(9-3-17-37-31)25-10-4-18-38-32(25)45)44-36(43-30)46-33-26(11-5-19-39-33)27-12-6-20-40-34(27)46/h1-20H. The van der Waals surface area contributed by atoms with Crippen LogP contribution in [0, 0.1) is 0 Å². The fourth-order valence-corrected chi connectivity index (χ4v) is 6.37. The summed E-state index contributed by atoms with van der Waals surface area (Å²) in [4.78, 5) is 39.3. The summed E-state index contributed by atoms with van der Waals surface area (Å²) in [6.07, 6.45) is 7.05. The largest absolute Gasteiger partial charge is 0.245 e. The first-order valence-electron chi connectivity index (χ1n) is 14.8. The van der Waals surface area contributed by atoms with E-state index in [-0.39, 0.29) is 0 Å². The van der Waals surface area contributed by atoms with Gasteiger partial charge in [-0.2, -0.15) is 15.0 Å². The van der Waals surface area contributed by atoms with E-state index in [1.165, 1.54) is 0 Å². The van der Waals surface area contributed by atoms with Crippen LogP contribution < -0.4 is 0 Å². The third-order valence-electron chi connectivity index (χ3n) is 8.40. The van der Waals surface area contributed by atoms with Crippen LogP contribution in [0.5, 0.6) is 0 Å². The van der Waals surface area contributed by atoms with E-state index in [4.69, 9.17) is 39.9 Å². The smallest absolute Gasteiger partial charge is 0.242 e. The average molecular weight is 593 g/mol. The van der Waals surface area contributed by atoms with Crippen LogP contribution in [0.25, 0.3) is 89.2 Å². The van der Waals surface area contributed by atoms with E-state index in [2.05, 4.69) is 30.3 Å². The number of rotatable bonds is 3. The Bertz CT molecular complexity index is 2600. The van der Waals surface area contributed by atoms with E-state index >= 15 is 0 Å².